The summed E-state index contributed by atoms with van der Waals surface area (Å²) in [6, 6.07) is 9.04. The quantitative estimate of drug-likeness (QED) is 0.862. The van der Waals surface area contributed by atoms with Gasteiger partial charge in [0.05, 0.1) is 12.0 Å². The van der Waals surface area contributed by atoms with Gasteiger partial charge in [0, 0.05) is 19.6 Å². The third-order valence-electron chi connectivity index (χ3n) is 4.67. The van der Waals surface area contributed by atoms with Gasteiger partial charge in [-0.1, -0.05) is 29.8 Å². The van der Waals surface area contributed by atoms with E-state index < -0.39 is 0 Å². The highest BCUT2D eigenvalue weighted by Crippen LogP contribution is 2.25. The van der Waals surface area contributed by atoms with Crippen LogP contribution in [-0.4, -0.2) is 43.5 Å². The second-order valence-electron chi connectivity index (χ2n) is 6.27. The van der Waals surface area contributed by atoms with E-state index in [0.29, 0.717) is 6.04 Å². The van der Waals surface area contributed by atoms with Crippen molar-refractivity contribution in [2.45, 2.75) is 25.8 Å². The van der Waals surface area contributed by atoms with Crippen LogP contribution >= 0.6 is 0 Å². The Morgan fingerprint density at radius 2 is 1.95 bits per heavy atom. The first-order valence-electron chi connectivity index (χ1n) is 8.03. The van der Waals surface area contributed by atoms with E-state index in [4.69, 9.17) is 0 Å². The van der Waals surface area contributed by atoms with Crippen molar-refractivity contribution in [2.75, 3.05) is 32.7 Å². The standard InChI is InChI=1S/C17H25N3O/c1-13-4-6-14(7-5-13)16(20-8-2-3-9-20)12-19-17(21)15-10-18-11-15/h4-7,15-16,18H,2-3,8-12H2,1H3,(H,19,21). The maximum atomic E-state index is 12.1. The number of likely N-dealkylation sites (tertiary alicyclic amines) is 1. The lowest BCUT2D eigenvalue weighted by atomic mass is 10.0. The monoisotopic (exact) mass is 287 g/mol. The lowest BCUT2D eigenvalue weighted by Gasteiger charge is -2.31. The van der Waals surface area contributed by atoms with Crippen molar-refractivity contribution < 1.29 is 4.79 Å². The molecule has 2 fully saturated rings. The van der Waals surface area contributed by atoms with Crippen molar-refractivity contribution in [1.82, 2.24) is 15.5 Å². The fourth-order valence-electron chi connectivity index (χ4n) is 3.12. The van der Waals surface area contributed by atoms with E-state index >= 15 is 0 Å². The van der Waals surface area contributed by atoms with E-state index in [1.165, 1.54) is 24.0 Å². The van der Waals surface area contributed by atoms with Gasteiger partial charge in [-0.25, -0.2) is 0 Å². The van der Waals surface area contributed by atoms with Gasteiger partial charge in [0.15, 0.2) is 0 Å². The number of rotatable bonds is 5. The Hall–Kier alpha value is -1.39. The number of hydrogen-bond acceptors (Lipinski definition) is 3. The minimum atomic E-state index is 0.169. The average Bonchev–Trinajstić information content (AvgIpc) is 2.93. The molecule has 0 aromatic heterocycles. The molecule has 0 saturated carbocycles. The Bertz CT molecular complexity index is 475. The van der Waals surface area contributed by atoms with Crippen LogP contribution in [0.3, 0.4) is 0 Å². The van der Waals surface area contributed by atoms with E-state index in [0.717, 1.165) is 32.7 Å². The lowest BCUT2D eigenvalue weighted by molar-refractivity contribution is -0.126. The van der Waals surface area contributed by atoms with Crippen molar-refractivity contribution in [3.05, 3.63) is 35.4 Å². The normalized spacial score (nSPS) is 21.0. The van der Waals surface area contributed by atoms with E-state index in [1.807, 2.05) is 0 Å². The zero-order valence-electron chi connectivity index (χ0n) is 12.8. The van der Waals surface area contributed by atoms with Crippen molar-refractivity contribution >= 4 is 5.91 Å². The van der Waals surface area contributed by atoms with Crippen LogP contribution in [0.5, 0.6) is 0 Å². The fourth-order valence-corrected chi connectivity index (χ4v) is 3.12. The lowest BCUT2D eigenvalue weighted by Crippen LogP contribution is -2.51. The van der Waals surface area contributed by atoms with Crippen LogP contribution in [0.1, 0.15) is 30.0 Å². The zero-order chi connectivity index (χ0) is 14.7. The van der Waals surface area contributed by atoms with Crippen LogP contribution in [0.25, 0.3) is 0 Å². The van der Waals surface area contributed by atoms with Crippen LogP contribution in [0.2, 0.25) is 0 Å². The fraction of sp³-hybridized carbons (Fsp3) is 0.588. The summed E-state index contributed by atoms with van der Waals surface area (Å²) >= 11 is 0. The summed E-state index contributed by atoms with van der Waals surface area (Å²) in [5, 5.41) is 6.31. The summed E-state index contributed by atoms with van der Waals surface area (Å²) in [4.78, 5) is 14.6. The van der Waals surface area contributed by atoms with E-state index in [9.17, 15) is 4.79 Å². The molecule has 1 unspecified atom stereocenters. The predicted molar refractivity (Wildman–Crippen MR) is 84.1 cm³/mol. The molecule has 2 saturated heterocycles. The highest BCUT2D eigenvalue weighted by atomic mass is 16.2. The molecule has 1 atom stereocenters. The summed E-state index contributed by atoms with van der Waals surface area (Å²) in [6.07, 6.45) is 2.53. The number of amides is 1. The molecule has 0 aliphatic carbocycles. The minimum Gasteiger partial charge on any atom is -0.354 e. The maximum absolute atomic E-state index is 12.1. The molecule has 2 aliphatic heterocycles. The van der Waals surface area contributed by atoms with Gasteiger partial charge in [-0.15, -0.1) is 0 Å². The molecule has 2 aliphatic rings. The maximum Gasteiger partial charge on any atom is 0.225 e. The van der Waals surface area contributed by atoms with Crippen molar-refractivity contribution in [1.29, 1.82) is 0 Å². The molecule has 3 rings (SSSR count). The molecule has 0 radical (unpaired) electrons. The Morgan fingerprint density at radius 1 is 1.29 bits per heavy atom. The van der Waals surface area contributed by atoms with Crippen LogP contribution in [0.4, 0.5) is 0 Å². The number of nitrogens with zero attached hydrogens (tertiary/aromatic N) is 1. The molecule has 114 valence electrons. The van der Waals surface area contributed by atoms with Gasteiger partial charge < -0.3 is 10.6 Å². The molecule has 0 bridgehead atoms. The van der Waals surface area contributed by atoms with Gasteiger partial charge in [-0.3, -0.25) is 9.69 Å². The minimum absolute atomic E-state index is 0.169. The molecule has 1 amide bonds. The molecule has 0 spiro atoms. The van der Waals surface area contributed by atoms with E-state index in [-0.39, 0.29) is 11.8 Å². The number of carbonyl (C=O) groups is 1. The van der Waals surface area contributed by atoms with Crippen molar-refractivity contribution in [2.24, 2.45) is 5.92 Å². The molecule has 4 heteroatoms. The predicted octanol–water partition coefficient (Wildman–Crippen LogP) is 1.47. The number of hydrogen-bond donors (Lipinski definition) is 2. The van der Waals surface area contributed by atoms with Gasteiger partial charge in [0.25, 0.3) is 0 Å². The van der Waals surface area contributed by atoms with Crippen LogP contribution in [0.15, 0.2) is 24.3 Å². The van der Waals surface area contributed by atoms with Crippen LogP contribution in [-0.2, 0) is 4.79 Å². The number of aryl methyl sites for hydroxylation is 1. The first-order valence-corrected chi connectivity index (χ1v) is 8.03. The van der Waals surface area contributed by atoms with Gasteiger partial charge >= 0.3 is 0 Å². The first kappa shape index (κ1) is 14.5. The molecule has 1 aromatic carbocycles. The number of carbonyl (C=O) groups excluding carboxylic acids is 1. The van der Waals surface area contributed by atoms with Crippen molar-refractivity contribution in [3.63, 3.8) is 0 Å². The Balaban J connectivity index is 1.66. The van der Waals surface area contributed by atoms with Gasteiger partial charge in [-0.2, -0.15) is 0 Å². The van der Waals surface area contributed by atoms with Gasteiger partial charge in [0.1, 0.15) is 0 Å². The summed E-state index contributed by atoms with van der Waals surface area (Å²) in [5.74, 6) is 0.368. The Labute approximate surface area is 126 Å². The molecular formula is C17H25N3O. The molecule has 2 N–H and O–H groups in total. The zero-order valence-corrected chi connectivity index (χ0v) is 12.8. The summed E-state index contributed by atoms with van der Waals surface area (Å²) in [5.41, 5.74) is 2.60. The topological polar surface area (TPSA) is 44.4 Å². The first-order chi connectivity index (χ1) is 10.2. The molecule has 2 heterocycles. The molecule has 1 aromatic rings. The molecular weight excluding hydrogens is 262 g/mol. The second-order valence-corrected chi connectivity index (χ2v) is 6.27. The van der Waals surface area contributed by atoms with E-state index in [1.54, 1.807) is 0 Å². The Kier molecular flexibility index (Phi) is 4.56. The van der Waals surface area contributed by atoms with Gasteiger partial charge in [-0.05, 0) is 38.4 Å². The van der Waals surface area contributed by atoms with Crippen LogP contribution < -0.4 is 10.6 Å². The number of nitrogens with one attached hydrogen (secondary N) is 2. The summed E-state index contributed by atoms with van der Waals surface area (Å²) in [6.45, 7) is 6.76. The van der Waals surface area contributed by atoms with E-state index in [2.05, 4.69) is 46.7 Å². The van der Waals surface area contributed by atoms with Crippen LogP contribution in [0, 0.1) is 12.8 Å². The Morgan fingerprint density at radius 3 is 2.52 bits per heavy atom. The number of benzene rings is 1. The summed E-state index contributed by atoms with van der Waals surface area (Å²) in [7, 11) is 0. The largest absolute Gasteiger partial charge is 0.354 e. The smallest absolute Gasteiger partial charge is 0.225 e. The SMILES string of the molecule is Cc1ccc(C(CNC(=O)C2CNC2)N2CCCC2)cc1. The summed E-state index contributed by atoms with van der Waals surface area (Å²) < 4.78 is 0. The highest BCUT2D eigenvalue weighted by molar-refractivity contribution is 5.80. The molecule has 4 nitrogen and oxygen atoms in total. The molecule has 21 heavy (non-hydrogen) atoms. The third kappa shape index (κ3) is 3.44. The third-order valence-corrected chi connectivity index (χ3v) is 4.67. The highest BCUT2D eigenvalue weighted by Gasteiger charge is 2.27. The average molecular weight is 287 g/mol. The second kappa shape index (κ2) is 6.58. The van der Waals surface area contributed by atoms with Crippen molar-refractivity contribution in [3.8, 4) is 0 Å². The van der Waals surface area contributed by atoms with Gasteiger partial charge in [0.2, 0.25) is 5.91 Å².